The monoisotopic (exact) mass is 284 g/mol. The standard InChI is InChI=1S/C16H32N2O2/c1-6-20-15(19)16(5,17-13(2)3)12-14(4)18-10-8-7-9-11-18/h13-14,17H,6-12H2,1-5H3. The van der Waals surface area contributed by atoms with Crippen molar-refractivity contribution < 1.29 is 9.53 Å². The first-order valence-electron chi connectivity index (χ1n) is 8.08. The molecule has 2 atom stereocenters. The van der Waals surface area contributed by atoms with Gasteiger partial charge in [0.15, 0.2) is 0 Å². The number of piperidine rings is 1. The second kappa shape index (κ2) is 7.99. The molecule has 0 saturated carbocycles. The van der Waals surface area contributed by atoms with Gasteiger partial charge in [-0.25, -0.2) is 0 Å². The molecule has 0 spiro atoms. The molecule has 118 valence electrons. The third-order valence-electron chi connectivity index (χ3n) is 4.05. The van der Waals surface area contributed by atoms with Gasteiger partial charge in [-0.05, 0) is 67.0 Å². The van der Waals surface area contributed by atoms with Crippen molar-refractivity contribution >= 4 is 5.97 Å². The first kappa shape index (κ1) is 17.4. The molecule has 1 aliphatic heterocycles. The van der Waals surface area contributed by atoms with Crippen molar-refractivity contribution in [2.45, 2.75) is 77.9 Å². The molecule has 0 aromatic carbocycles. The number of carbonyl (C=O) groups is 1. The number of esters is 1. The highest BCUT2D eigenvalue weighted by atomic mass is 16.5. The van der Waals surface area contributed by atoms with Crippen molar-refractivity contribution in [2.75, 3.05) is 19.7 Å². The summed E-state index contributed by atoms with van der Waals surface area (Å²) >= 11 is 0. The highest BCUT2D eigenvalue weighted by molar-refractivity contribution is 5.80. The number of nitrogens with zero attached hydrogens (tertiary/aromatic N) is 1. The van der Waals surface area contributed by atoms with Crippen LogP contribution in [0.25, 0.3) is 0 Å². The first-order valence-corrected chi connectivity index (χ1v) is 8.08. The van der Waals surface area contributed by atoms with Gasteiger partial charge >= 0.3 is 5.97 Å². The molecule has 1 saturated heterocycles. The highest BCUT2D eigenvalue weighted by Gasteiger charge is 2.37. The lowest BCUT2D eigenvalue weighted by Crippen LogP contribution is -2.56. The van der Waals surface area contributed by atoms with Crippen LogP contribution in [0.3, 0.4) is 0 Å². The zero-order chi connectivity index (χ0) is 15.2. The maximum atomic E-state index is 12.3. The van der Waals surface area contributed by atoms with E-state index in [9.17, 15) is 4.79 Å². The molecule has 20 heavy (non-hydrogen) atoms. The normalized spacial score (nSPS) is 21.5. The average molecular weight is 284 g/mol. The molecule has 0 aromatic heterocycles. The zero-order valence-corrected chi connectivity index (χ0v) is 13.9. The van der Waals surface area contributed by atoms with Crippen LogP contribution in [0.2, 0.25) is 0 Å². The average Bonchev–Trinajstić information content (AvgIpc) is 2.39. The lowest BCUT2D eigenvalue weighted by molar-refractivity contribution is -0.151. The second-order valence-corrected chi connectivity index (χ2v) is 6.50. The molecule has 0 radical (unpaired) electrons. The third kappa shape index (κ3) is 5.06. The predicted molar refractivity (Wildman–Crippen MR) is 82.8 cm³/mol. The number of likely N-dealkylation sites (tertiary alicyclic amines) is 1. The molecule has 1 aliphatic rings. The molecule has 0 bridgehead atoms. The van der Waals surface area contributed by atoms with Crippen LogP contribution in [-0.2, 0) is 9.53 Å². The van der Waals surface area contributed by atoms with Crippen LogP contribution < -0.4 is 5.32 Å². The molecule has 0 aromatic rings. The van der Waals surface area contributed by atoms with Gasteiger partial charge in [0, 0.05) is 12.1 Å². The van der Waals surface area contributed by atoms with E-state index in [0.717, 1.165) is 19.5 Å². The Kier molecular flexibility index (Phi) is 6.96. The fourth-order valence-corrected chi connectivity index (χ4v) is 3.21. The highest BCUT2D eigenvalue weighted by Crippen LogP contribution is 2.22. The summed E-state index contributed by atoms with van der Waals surface area (Å²) in [5.41, 5.74) is -0.596. The van der Waals surface area contributed by atoms with Crippen molar-refractivity contribution in [3.05, 3.63) is 0 Å². The van der Waals surface area contributed by atoms with Gasteiger partial charge in [-0.3, -0.25) is 10.1 Å². The van der Waals surface area contributed by atoms with E-state index in [0.29, 0.717) is 12.6 Å². The van der Waals surface area contributed by atoms with Crippen LogP contribution in [0.5, 0.6) is 0 Å². The fraction of sp³-hybridized carbons (Fsp3) is 0.938. The van der Waals surface area contributed by atoms with Gasteiger partial charge in [-0.2, -0.15) is 0 Å². The largest absolute Gasteiger partial charge is 0.465 e. The first-order chi connectivity index (χ1) is 9.39. The minimum Gasteiger partial charge on any atom is -0.465 e. The van der Waals surface area contributed by atoms with E-state index in [2.05, 4.69) is 31.0 Å². The minimum absolute atomic E-state index is 0.127. The van der Waals surface area contributed by atoms with Crippen LogP contribution in [-0.4, -0.2) is 48.2 Å². The zero-order valence-electron chi connectivity index (χ0n) is 13.9. The van der Waals surface area contributed by atoms with E-state index in [-0.39, 0.29) is 12.0 Å². The summed E-state index contributed by atoms with van der Waals surface area (Å²) in [6, 6.07) is 0.661. The molecule has 1 fully saturated rings. The Labute approximate surface area is 124 Å². The Morgan fingerprint density at radius 3 is 2.35 bits per heavy atom. The number of hydrogen-bond donors (Lipinski definition) is 1. The Hall–Kier alpha value is -0.610. The van der Waals surface area contributed by atoms with Crippen LogP contribution in [0.4, 0.5) is 0 Å². The number of nitrogens with one attached hydrogen (secondary N) is 1. The van der Waals surface area contributed by atoms with Gasteiger partial charge in [-0.15, -0.1) is 0 Å². The third-order valence-corrected chi connectivity index (χ3v) is 4.05. The van der Waals surface area contributed by atoms with Gasteiger partial charge in [0.05, 0.1) is 6.61 Å². The minimum atomic E-state index is -0.596. The van der Waals surface area contributed by atoms with Crippen molar-refractivity contribution in [1.29, 1.82) is 0 Å². The Morgan fingerprint density at radius 1 is 1.25 bits per heavy atom. The van der Waals surface area contributed by atoms with Gasteiger partial charge in [0.1, 0.15) is 5.54 Å². The van der Waals surface area contributed by atoms with Gasteiger partial charge in [-0.1, -0.05) is 6.42 Å². The fourth-order valence-electron chi connectivity index (χ4n) is 3.21. The Morgan fingerprint density at radius 2 is 1.85 bits per heavy atom. The molecule has 4 nitrogen and oxygen atoms in total. The second-order valence-electron chi connectivity index (χ2n) is 6.50. The molecule has 4 heteroatoms. The predicted octanol–water partition coefficient (Wildman–Crippen LogP) is 2.57. The van der Waals surface area contributed by atoms with Crippen LogP contribution in [0.15, 0.2) is 0 Å². The maximum Gasteiger partial charge on any atom is 0.326 e. The molecular formula is C16H32N2O2. The van der Waals surface area contributed by atoms with Crippen molar-refractivity contribution in [2.24, 2.45) is 0 Å². The summed E-state index contributed by atoms with van der Waals surface area (Å²) in [5.74, 6) is -0.127. The summed E-state index contributed by atoms with van der Waals surface area (Å²) in [4.78, 5) is 14.8. The molecular weight excluding hydrogens is 252 g/mol. The Balaban J connectivity index is 2.69. The van der Waals surface area contributed by atoms with E-state index in [1.165, 1.54) is 19.3 Å². The van der Waals surface area contributed by atoms with Crippen molar-refractivity contribution in [3.63, 3.8) is 0 Å². The van der Waals surface area contributed by atoms with Gasteiger partial charge in [0.25, 0.3) is 0 Å². The van der Waals surface area contributed by atoms with Crippen molar-refractivity contribution in [1.82, 2.24) is 10.2 Å². The van der Waals surface area contributed by atoms with Gasteiger partial charge < -0.3 is 9.64 Å². The molecule has 2 unspecified atom stereocenters. The van der Waals surface area contributed by atoms with Crippen LogP contribution in [0, 0.1) is 0 Å². The maximum absolute atomic E-state index is 12.3. The number of ether oxygens (including phenoxy) is 1. The van der Waals surface area contributed by atoms with E-state index >= 15 is 0 Å². The smallest absolute Gasteiger partial charge is 0.326 e. The summed E-state index contributed by atoms with van der Waals surface area (Å²) in [6.07, 6.45) is 4.68. The van der Waals surface area contributed by atoms with Crippen LogP contribution >= 0.6 is 0 Å². The summed E-state index contributed by atoms with van der Waals surface area (Å²) in [5, 5.41) is 3.41. The van der Waals surface area contributed by atoms with E-state index < -0.39 is 5.54 Å². The van der Waals surface area contributed by atoms with E-state index in [4.69, 9.17) is 4.74 Å². The summed E-state index contributed by atoms with van der Waals surface area (Å²) in [6.45, 7) is 13.0. The van der Waals surface area contributed by atoms with Crippen LogP contribution in [0.1, 0.15) is 60.3 Å². The summed E-state index contributed by atoms with van der Waals surface area (Å²) in [7, 11) is 0. The quantitative estimate of drug-likeness (QED) is 0.730. The van der Waals surface area contributed by atoms with E-state index in [1.54, 1.807) is 0 Å². The topological polar surface area (TPSA) is 41.6 Å². The lowest BCUT2D eigenvalue weighted by Gasteiger charge is -2.38. The lowest BCUT2D eigenvalue weighted by atomic mass is 9.91. The SMILES string of the molecule is CCOC(=O)C(C)(CC(C)N1CCCCC1)NC(C)C. The molecule has 0 amide bonds. The van der Waals surface area contributed by atoms with Crippen molar-refractivity contribution in [3.8, 4) is 0 Å². The molecule has 1 heterocycles. The summed E-state index contributed by atoms with van der Waals surface area (Å²) < 4.78 is 5.28. The number of rotatable bonds is 7. The van der Waals surface area contributed by atoms with Gasteiger partial charge in [0.2, 0.25) is 0 Å². The molecule has 1 rings (SSSR count). The molecule has 0 aliphatic carbocycles. The van der Waals surface area contributed by atoms with E-state index in [1.807, 2.05) is 13.8 Å². The Bertz CT molecular complexity index is 301. The molecule has 1 N–H and O–H groups in total. The number of hydrogen-bond acceptors (Lipinski definition) is 4. The number of carbonyl (C=O) groups excluding carboxylic acids is 1.